The number of carbonyl (C=O) groups is 1. The number of ether oxygens (including phenoxy) is 3. The zero-order valence-corrected chi connectivity index (χ0v) is 18.0. The van der Waals surface area contributed by atoms with Crippen molar-refractivity contribution < 1.29 is 19.0 Å². The molecule has 31 heavy (non-hydrogen) atoms. The number of methoxy groups -OCH3 is 2. The van der Waals surface area contributed by atoms with E-state index >= 15 is 0 Å². The number of rotatable bonds is 8. The van der Waals surface area contributed by atoms with Crippen LogP contribution in [-0.4, -0.2) is 26.8 Å². The second-order valence-corrected chi connectivity index (χ2v) is 6.93. The van der Waals surface area contributed by atoms with Crippen LogP contribution in [0.3, 0.4) is 0 Å². The fraction of sp³-hybridized carbons (Fsp3) is 0.148. The zero-order valence-electron chi connectivity index (χ0n) is 18.0. The summed E-state index contributed by atoms with van der Waals surface area (Å²) in [7, 11) is 3.30. The van der Waals surface area contributed by atoms with E-state index in [-0.39, 0.29) is 12.6 Å². The smallest absolute Gasteiger partial charge is 0.302 e. The van der Waals surface area contributed by atoms with Crippen LogP contribution in [0.25, 0.3) is 11.6 Å². The molecule has 0 aliphatic rings. The predicted molar refractivity (Wildman–Crippen MR) is 124 cm³/mol. The van der Waals surface area contributed by atoms with Gasteiger partial charge in [0.25, 0.3) is 0 Å². The number of hydrogen-bond donors (Lipinski definition) is 0. The highest BCUT2D eigenvalue weighted by Gasteiger charge is 2.09. The van der Waals surface area contributed by atoms with E-state index in [1.807, 2.05) is 84.9 Å². The minimum Gasteiger partial charge on any atom is -0.497 e. The van der Waals surface area contributed by atoms with Crippen molar-refractivity contribution in [1.29, 1.82) is 0 Å². The van der Waals surface area contributed by atoms with Crippen molar-refractivity contribution >= 4 is 17.6 Å². The second kappa shape index (κ2) is 10.8. The molecule has 0 heterocycles. The van der Waals surface area contributed by atoms with Gasteiger partial charge in [0.1, 0.15) is 18.1 Å². The maximum atomic E-state index is 11.5. The molecule has 0 aliphatic carbocycles. The molecule has 3 rings (SSSR count). The number of hydrogen-bond acceptors (Lipinski definition) is 4. The van der Waals surface area contributed by atoms with Gasteiger partial charge in [-0.3, -0.25) is 4.79 Å². The van der Waals surface area contributed by atoms with Crippen molar-refractivity contribution in [3.63, 3.8) is 0 Å². The summed E-state index contributed by atoms with van der Waals surface area (Å²) >= 11 is 0. The van der Waals surface area contributed by atoms with Gasteiger partial charge < -0.3 is 14.2 Å². The highest BCUT2D eigenvalue weighted by atomic mass is 16.5. The van der Waals surface area contributed by atoms with Crippen molar-refractivity contribution in [1.82, 2.24) is 0 Å². The van der Waals surface area contributed by atoms with E-state index in [0.29, 0.717) is 0 Å². The van der Waals surface area contributed by atoms with E-state index in [0.717, 1.165) is 39.3 Å². The van der Waals surface area contributed by atoms with Gasteiger partial charge in [0.15, 0.2) is 0 Å². The Morgan fingerprint density at radius 3 is 1.74 bits per heavy atom. The van der Waals surface area contributed by atoms with Crippen LogP contribution >= 0.6 is 0 Å². The molecule has 0 saturated heterocycles. The van der Waals surface area contributed by atoms with Crippen LogP contribution in [0, 0.1) is 0 Å². The third-order valence-electron chi connectivity index (χ3n) is 4.73. The summed E-state index contributed by atoms with van der Waals surface area (Å²) in [5.41, 5.74) is 4.95. The molecule has 0 N–H and O–H groups in total. The van der Waals surface area contributed by atoms with Gasteiger partial charge in [0.2, 0.25) is 0 Å². The third kappa shape index (κ3) is 6.34. The average molecular weight is 415 g/mol. The fourth-order valence-electron chi connectivity index (χ4n) is 3.13. The van der Waals surface area contributed by atoms with Gasteiger partial charge in [-0.25, -0.2) is 0 Å². The van der Waals surface area contributed by atoms with Crippen LogP contribution in [0.5, 0.6) is 11.5 Å². The first-order valence-electron chi connectivity index (χ1n) is 9.98. The van der Waals surface area contributed by atoms with Crippen molar-refractivity contribution in [2.24, 2.45) is 0 Å². The maximum absolute atomic E-state index is 11.5. The number of carbonyl (C=O) groups excluding carboxylic acids is 1. The molecule has 158 valence electrons. The Balaban J connectivity index is 2.10. The zero-order chi connectivity index (χ0) is 22.1. The van der Waals surface area contributed by atoms with Crippen LogP contribution in [0.1, 0.15) is 23.6 Å². The molecule has 0 aromatic heterocycles. The average Bonchev–Trinajstić information content (AvgIpc) is 2.81. The van der Waals surface area contributed by atoms with Crippen molar-refractivity contribution in [3.8, 4) is 11.5 Å². The van der Waals surface area contributed by atoms with Gasteiger partial charge in [-0.05, 0) is 64.3 Å². The first-order chi connectivity index (χ1) is 15.1. The van der Waals surface area contributed by atoms with Crippen LogP contribution in [0.15, 0.2) is 90.5 Å². The highest BCUT2D eigenvalue weighted by molar-refractivity contribution is 5.83. The fourth-order valence-corrected chi connectivity index (χ4v) is 3.13. The largest absolute Gasteiger partial charge is 0.497 e. The molecule has 3 aromatic rings. The van der Waals surface area contributed by atoms with E-state index in [1.165, 1.54) is 6.92 Å². The van der Waals surface area contributed by atoms with Gasteiger partial charge in [-0.15, -0.1) is 0 Å². The van der Waals surface area contributed by atoms with Crippen molar-refractivity contribution in [2.75, 3.05) is 20.8 Å². The summed E-state index contributed by atoms with van der Waals surface area (Å²) < 4.78 is 15.9. The Morgan fingerprint density at radius 1 is 0.774 bits per heavy atom. The summed E-state index contributed by atoms with van der Waals surface area (Å²) in [5, 5.41) is 0. The van der Waals surface area contributed by atoms with Crippen molar-refractivity contribution in [3.05, 3.63) is 107 Å². The standard InChI is InChI=1S/C27H26O4/c1-20(28)31-19-22(17-21-7-5-4-6-8-21)18-27(23-9-13-25(29-2)14-10-23)24-11-15-26(30-3)16-12-24/h4-18H,19H2,1-3H3/b22-17+. The lowest BCUT2D eigenvalue weighted by atomic mass is 9.95. The van der Waals surface area contributed by atoms with E-state index in [1.54, 1.807) is 14.2 Å². The first-order valence-corrected chi connectivity index (χ1v) is 9.98. The van der Waals surface area contributed by atoms with Gasteiger partial charge >= 0.3 is 5.97 Å². The number of esters is 1. The quantitative estimate of drug-likeness (QED) is 0.346. The molecule has 0 amide bonds. The Hall–Kier alpha value is -3.79. The van der Waals surface area contributed by atoms with Gasteiger partial charge in [0.05, 0.1) is 14.2 Å². The van der Waals surface area contributed by atoms with Gasteiger partial charge in [0, 0.05) is 6.92 Å². The highest BCUT2D eigenvalue weighted by Crippen LogP contribution is 2.29. The normalized spacial score (nSPS) is 10.9. The molecule has 0 radical (unpaired) electrons. The maximum Gasteiger partial charge on any atom is 0.302 e. The molecular formula is C27H26O4. The predicted octanol–water partition coefficient (Wildman–Crippen LogP) is 5.78. The molecule has 0 unspecified atom stereocenters. The summed E-state index contributed by atoms with van der Waals surface area (Å²) in [6.45, 7) is 1.59. The van der Waals surface area contributed by atoms with Crippen LogP contribution in [0.2, 0.25) is 0 Å². The summed E-state index contributed by atoms with van der Waals surface area (Å²) in [5.74, 6) is 1.26. The third-order valence-corrected chi connectivity index (χ3v) is 4.73. The molecular weight excluding hydrogens is 388 g/mol. The van der Waals surface area contributed by atoms with E-state index < -0.39 is 0 Å². The summed E-state index contributed by atoms with van der Waals surface area (Å²) in [6.07, 6.45) is 4.08. The molecule has 0 bridgehead atoms. The SMILES string of the molecule is COc1ccc(C(=C/C(=C\c2ccccc2)COC(C)=O)c2ccc(OC)cc2)cc1. The van der Waals surface area contributed by atoms with Crippen LogP contribution in [0.4, 0.5) is 0 Å². The lowest BCUT2D eigenvalue weighted by Crippen LogP contribution is -2.03. The molecule has 4 heteroatoms. The second-order valence-electron chi connectivity index (χ2n) is 6.93. The van der Waals surface area contributed by atoms with E-state index in [9.17, 15) is 4.79 Å². The Bertz CT molecular complexity index is 997. The molecule has 0 spiro atoms. The molecule has 4 nitrogen and oxygen atoms in total. The Kier molecular flexibility index (Phi) is 7.66. The van der Waals surface area contributed by atoms with E-state index in [4.69, 9.17) is 14.2 Å². The van der Waals surface area contributed by atoms with Crippen LogP contribution in [-0.2, 0) is 9.53 Å². The van der Waals surface area contributed by atoms with Gasteiger partial charge in [-0.2, -0.15) is 0 Å². The van der Waals surface area contributed by atoms with Gasteiger partial charge in [-0.1, -0.05) is 54.6 Å². The van der Waals surface area contributed by atoms with Crippen LogP contribution < -0.4 is 9.47 Å². The van der Waals surface area contributed by atoms with E-state index in [2.05, 4.69) is 6.08 Å². The molecule has 0 atom stereocenters. The van der Waals surface area contributed by atoms with Crippen molar-refractivity contribution in [2.45, 2.75) is 6.92 Å². The monoisotopic (exact) mass is 414 g/mol. The molecule has 3 aromatic carbocycles. The lowest BCUT2D eigenvalue weighted by molar-refractivity contribution is -0.139. The first kappa shape index (κ1) is 21.9. The summed E-state index contributed by atoms with van der Waals surface area (Å²) in [4.78, 5) is 11.5. The molecule has 0 aliphatic heterocycles. The minimum atomic E-state index is -0.317. The Morgan fingerprint density at radius 2 is 1.29 bits per heavy atom. The molecule has 0 fully saturated rings. The summed E-state index contributed by atoms with van der Waals surface area (Å²) in [6, 6.07) is 25.7. The number of benzene rings is 3. The minimum absolute atomic E-state index is 0.181. The molecule has 0 saturated carbocycles. The topological polar surface area (TPSA) is 44.8 Å². The lowest BCUT2D eigenvalue weighted by Gasteiger charge is -2.13. The Labute approximate surface area is 183 Å².